The molecule has 0 aliphatic rings. The van der Waals surface area contributed by atoms with E-state index < -0.39 is 5.97 Å². The lowest BCUT2D eigenvalue weighted by atomic mass is 10.1. The van der Waals surface area contributed by atoms with Gasteiger partial charge in [0.1, 0.15) is 0 Å². The standard InChI is InChI=1S/C18H20O2S/c19-18(20)12-5-4-10-16-13-14-17(21-16)11-6-9-15-7-2-1-3-8-15/h1-4,7-8,10,13-14H,5-6,9,11-12H2,(H,19,20). The second-order valence-corrected chi connectivity index (χ2v) is 6.18. The molecule has 1 N–H and O–H groups in total. The highest BCUT2D eigenvalue weighted by atomic mass is 32.1. The van der Waals surface area contributed by atoms with Crippen LogP contribution in [0.5, 0.6) is 0 Å². The number of allylic oxidation sites excluding steroid dienone is 1. The number of aliphatic carboxylic acids is 1. The van der Waals surface area contributed by atoms with Crippen LogP contribution in [0.15, 0.2) is 48.5 Å². The molecule has 3 heteroatoms. The summed E-state index contributed by atoms with van der Waals surface area (Å²) >= 11 is 1.79. The largest absolute Gasteiger partial charge is 0.481 e. The minimum Gasteiger partial charge on any atom is -0.481 e. The molecular formula is C18H20O2S. The number of aryl methyl sites for hydroxylation is 2. The van der Waals surface area contributed by atoms with Gasteiger partial charge in [0, 0.05) is 16.2 Å². The minimum absolute atomic E-state index is 0.200. The summed E-state index contributed by atoms with van der Waals surface area (Å²) in [6.07, 6.45) is 8.13. The summed E-state index contributed by atoms with van der Waals surface area (Å²) in [5, 5.41) is 8.57. The van der Waals surface area contributed by atoms with Crippen molar-refractivity contribution in [3.8, 4) is 0 Å². The van der Waals surface area contributed by atoms with E-state index in [9.17, 15) is 4.79 Å². The zero-order valence-electron chi connectivity index (χ0n) is 12.0. The Hall–Kier alpha value is -1.87. The summed E-state index contributed by atoms with van der Waals surface area (Å²) in [6.45, 7) is 0. The van der Waals surface area contributed by atoms with Crippen LogP contribution in [0.25, 0.3) is 6.08 Å². The average Bonchev–Trinajstić information content (AvgIpc) is 2.92. The predicted octanol–water partition coefficient (Wildman–Crippen LogP) is 4.80. The van der Waals surface area contributed by atoms with Crippen molar-refractivity contribution >= 4 is 23.4 Å². The van der Waals surface area contributed by atoms with Crippen molar-refractivity contribution in [2.45, 2.75) is 32.1 Å². The molecule has 110 valence electrons. The van der Waals surface area contributed by atoms with Gasteiger partial charge in [-0.15, -0.1) is 11.3 Å². The molecule has 0 amide bonds. The Bertz CT molecular complexity index is 584. The fraction of sp³-hybridized carbons (Fsp3) is 0.278. The van der Waals surface area contributed by atoms with Gasteiger partial charge in [0.15, 0.2) is 0 Å². The van der Waals surface area contributed by atoms with E-state index in [0.29, 0.717) is 6.42 Å². The van der Waals surface area contributed by atoms with Crippen molar-refractivity contribution in [1.82, 2.24) is 0 Å². The van der Waals surface area contributed by atoms with E-state index in [1.165, 1.54) is 15.3 Å². The van der Waals surface area contributed by atoms with Gasteiger partial charge in [-0.3, -0.25) is 4.79 Å². The Labute approximate surface area is 129 Å². The Balaban J connectivity index is 1.74. The average molecular weight is 300 g/mol. The van der Waals surface area contributed by atoms with Gasteiger partial charge in [-0.05, 0) is 49.5 Å². The van der Waals surface area contributed by atoms with Gasteiger partial charge in [-0.2, -0.15) is 0 Å². The van der Waals surface area contributed by atoms with Crippen LogP contribution in [0.1, 0.15) is 34.6 Å². The lowest BCUT2D eigenvalue weighted by Crippen LogP contribution is -1.91. The van der Waals surface area contributed by atoms with Crippen molar-refractivity contribution in [2.75, 3.05) is 0 Å². The maximum absolute atomic E-state index is 10.4. The van der Waals surface area contributed by atoms with Crippen LogP contribution in [-0.2, 0) is 17.6 Å². The van der Waals surface area contributed by atoms with Gasteiger partial charge in [0.2, 0.25) is 0 Å². The number of carbonyl (C=O) groups is 1. The minimum atomic E-state index is -0.743. The quantitative estimate of drug-likeness (QED) is 0.760. The van der Waals surface area contributed by atoms with Crippen molar-refractivity contribution in [3.63, 3.8) is 0 Å². The number of thiophene rings is 1. The first-order valence-electron chi connectivity index (χ1n) is 7.25. The van der Waals surface area contributed by atoms with E-state index in [2.05, 4.69) is 36.4 Å². The SMILES string of the molecule is O=C(O)CCC=Cc1ccc(CCCc2ccccc2)s1. The molecule has 0 aliphatic carbocycles. The highest BCUT2D eigenvalue weighted by molar-refractivity contribution is 7.12. The normalized spacial score (nSPS) is 11.0. The molecule has 0 atom stereocenters. The third-order valence-electron chi connectivity index (χ3n) is 3.22. The molecule has 0 fully saturated rings. The fourth-order valence-electron chi connectivity index (χ4n) is 2.14. The van der Waals surface area contributed by atoms with Gasteiger partial charge >= 0.3 is 5.97 Å². The van der Waals surface area contributed by atoms with E-state index in [4.69, 9.17) is 5.11 Å². The molecule has 0 bridgehead atoms. The van der Waals surface area contributed by atoms with Crippen LogP contribution in [0.4, 0.5) is 0 Å². The summed E-state index contributed by atoms with van der Waals surface area (Å²) in [6, 6.07) is 14.8. The molecule has 1 aromatic heterocycles. The number of carboxylic acid groups (broad SMARTS) is 1. The van der Waals surface area contributed by atoms with Crippen LogP contribution in [0.3, 0.4) is 0 Å². The van der Waals surface area contributed by atoms with Crippen molar-refractivity contribution < 1.29 is 9.90 Å². The number of hydrogen-bond donors (Lipinski definition) is 1. The number of benzene rings is 1. The van der Waals surface area contributed by atoms with E-state index in [-0.39, 0.29) is 6.42 Å². The summed E-state index contributed by atoms with van der Waals surface area (Å²) in [5.41, 5.74) is 1.39. The molecule has 0 radical (unpaired) electrons. The molecular weight excluding hydrogens is 280 g/mol. The molecule has 21 heavy (non-hydrogen) atoms. The van der Waals surface area contributed by atoms with Gasteiger partial charge in [-0.25, -0.2) is 0 Å². The Morgan fingerprint density at radius 1 is 1.10 bits per heavy atom. The summed E-state index contributed by atoms with van der Waals surface area (Å²) in [4.78, 5) is 13.0. The molecule has 0 spiro atoms. The van der Waals surface area contributed by atoms with Crippen LogP contribution in [-0.4, -0.2) is 11.1 Å². The molecule has 0 saturated heterocycles. The van der Waals surface area contributed by atoms with Crippen molar-refractivity contribution in [1.29, 1.82) is 0 Å². The van der Waals surface area contributed by atoms with Gasteiger partial charge < -0.3 is 5.11 Å². The summed E-state index contributed by atoms with van der Waals surface area (Å²) in [5.74, 6) is -0.743. The Morgan fingerprint density at radius 3 is 2.67 bits per heavy atom. The maximum Gasteiger partial charge on any atom is 0.303 e. The molecule has 1 heterocycles. The highest BCUT2D eigenvalue weighted by Crippen LogP contribution is 2.20. The number of carboxylic acids is 1. The zero-order chi connectivity index (χ0) is 14.9. The van der Waals surface area contributed by atoms with Crippen LogP contribution < -0.4 is 0 Å². The molecule has 0 aliphatic heterocycles. The fourth-order valence-corrected chi connectivity index (χ4v) is 3.12. The lowest BCUT2D eigenvalue weighted by Gasteiger charge is -1.99. The van der Waals surface area contributed by atoms with E-state index >= 15 is 0 Å². The van der Waals surface area contributed by atoms with Crippen molar-refractivity contribution in [2.24, 2.45) is 0 Å². The molecule has 0 unspecified atom stereocenters. The molecule has 2 nitrogen and oxygen atoms in total. The molecule has 0 saturated carbocycles. The van der Waals surface area contributed by atoms with Crippen molar-refractivity contribution in [3.05, 3.63) is 63.9 Å². The first kappa shape index (κ1) is 15.5. The van der Waals surface area contributed by atoms with E-state index in [1.807, 2.05) is 18.2 Å². The van der Waals surface area contributed by atoms with Gasteiger partial charge in [-0.1, -0.05) is 36.4 Å². The van der Waals surface area contributed by atoms with E-state index in [1.54, 1.807) is 11.3 Å². The van der Waals surface area contributed by atoms with Gasteiger partial charge in [0.25, 0.3) is 0 Å². The van der Waals surface area contributed by atoms with Crippen LogP contribution in [0.2, 0.25) is 0 Å². The molecule has 2 rings (SSSR count). The monoisotopic (exact) mass is 300 g/mol. The smallest absolute Gasteiger partial charge is 0.303 e. The highest BCUT2D eigenvalue weighted by Gasteiger charge is 1.99. The van der Waals surface area contributed by atoms with E-state index in [0.717, 1.165) is 19.3 Å². The third-order valence-corrected chi connectivity index (χ3v) is 4.33. The lowest BCUT2D eigenvalue weighted by molar-refractivity contribution is -0.136. The topological polar surface area (TPSA) is 37.3 Å². The summed E-state index contributed by atoms with van der Waals surface area (Å²) in [7, 11) is 0. The zero-order valence-corrected chi connectivity index (χ0v) is 12.8. The Kier molecular flexibility index (Phi) is 6.22. The second kappa shape index (κ2) is 8.42. The first-order chi connectivity index (χ1) is 10.2. The third kappa shape index (κ3) is 5.96. The molecule has 2 aromatic rings. The van der Waals surface area contributed by atoms with Gasteiger partial charge in [0.05, 0.1) is 0 Å². The summed E-state index contributed by atoms with van der Waals surface area (Å²) < 4.78 is 0. The molecule has 1 aromatic carbocycles. The van der Waals surface area contributed by atoms with Crippen LogP contribution >= 0.6 is 11.3 Å². The number of hydrogen-bond acceptors (Lipinski definition) is 2. The second-order valence-electron chi connectivity index (χ2n) is 4.98. The predicted molar refractivity (Wildman–Crippen MR) is 88.7 cm³/mol. The van der Waals surface area contributed by atoms with Crippen LogP contribution in [0, 0.1) is 0 Å². The Morgan fingerprint density at radius 2 is 1.90 bits per heavy atom. The maximum atomic E-state index is 10.4. The number of rotatable bonds is 8. The first-order valence-corrected chi connectivity index (χ1v) is 8.06.